The fraction of sp³-hybridized carbons (Fsp3) is 0.474. The second-order valence-corrected chi connectivity index (χ2v) is 8.15. The van der Waals surface area contributed by atoms with Gasteiger partial charge in [-0.05, 0) is 32.9 Å². The summed E-state index contributed by atoms with van der Waals surface area (Å²) in [5.74, 6) is 1.63. The molecule has 3 atom stereocenters. The first-order chi connectivity index (χ1) is 13.0. The van der Waals surface area contributed by atoms with Crippen molar-refractivity contribution in [1.82, 2.24) is 14.6 Å². The molecule has 1 aromatic carbocycles. The van der Waals surface area contributed by atoms with Crippen LogP contribution in [0.5, 0.6) is 11.6 Å². The molecular weight excluding hydrogens is 364 g/mol. The Kier molecular flexibility index (Phi) is 4.79. The van der Waals surface area contributed by atoms with E-state index in [9.17, 15) is 5.11 Å². The van der Waals surface area contributed by atoms with Crippen molar-refractivity contribution in [2.45, 2.75) is 39.0 Å². The van der Waals surface area contributed by atoms with Crippen LogP contribution in [0.15, 0.2) is 24.3 Å². The SMILES string of the molecule is COc1ccccc1[C@@H](c1sc2nc(C)nn2c1O)[NH+]1C[C@@H](C)O[C@H](C)C1. The van der Waals surface area contributed by atoms with Gasteiger partial charge in [0.25, 0.3) is 0 Å². The molecule has 1 aliphatic rings. The predicted octanol–water partition coefficient (Wildman–Crippen LogP) is 1.59. The third-order valence-corrected chi connectivity index (χ3v) is 6.07. The molecule has 3 aromatic rings. The molecule has 0 aliphatic carbocycles. The lowest BCUT2D eigenvalue weighted by atomic mass is 10.0. The molecule has 0 spiro atoms. The number of aryl methyl sites for hydroxylation is 1. The van der Waals surface area contributed by atoms with Gasteiger partial charge in [-0.25, -0.2) is 4.98 Å². The van der Waals surface area contributed by atoms with Crippen molar-refractivity contribution in [3.63, 3.8) is 0 Å². The number of hydrogen-bond donors (Lipinski definition) is 2. The van der Waals surface area contributed by atoms with Crippen LogP contribution in [0.4, 0.5) is 0 Å². The fourth-order valence-electron chi connectivity index (χ4n) is 4.04. The van der Waals surface area contributed by atoms with Gasteiger partial charge in [-0.15, -0.1) is 5.10 Å². The highest BCUT2D eigenvalue weighted by Gasteiger charge is 2.38. The summed E-state index contributed by atoms with van der Waals surface area (Å²) in [5, 5.41) is 15.3. The number of aromatic nitrogens is 3. The van der Waals surface area contributed by atoms with Crippen LogP contribution in [0.2, 0.25) is 0 Å². The number of quaternary nitrogens is 1. The van der Waals surface area contributed by atoms with Crippen LogP contribution in [-0.2, 0) is 4.74 Å². The zero-order valence-electron chi connectivity index (χ0n) is 16.0. The van der Waals surface area contributed by atoms with Crippen LogP contribution in [0.25, 0.3) is 4.96 Å². The number of methoxy groups -OCH3 is 1. The first-order valence-corrected chi connectivity index (χ1v) is 9.97. The average molecular weight is 390 g/mol. The summed E-state index contributed by atoms with van der Waals surface area (Å²) in [7, 11) is 1.68. The predicted molar refractivity (Wildman–Crippen MR) is 103 cm³/mol. The number of ether oxygens (including phenoxy) is 2. The van der Waals surface area contributed by atoms with E-state index in [0.717, 1.165) is 29.3 Å². The fourth-order valence-corrected chi connectivity index (χ4v) is 5.22. The second-order valence-electron chi connectivity index (χ2n) is 7.14. The smallest absolute Gasteiger partial charge is 0.235 e. The summed E-state index contributed by atoms with van der Waals surface area (Å²) in [6.45, 7) is 7.72. The Morgan fingerprint density at radius 1 is 1.30 bits per heavy atom. The van der Waals surface area contributed by atoms with Crippen LogP contribution >= 0.6 is 11.3 Å². The second kappa shape index (κ2) is 7.10. The first kappa shape index (κ1) is 18.2. The van der Waals surface area contributed by atoms with Gasteiger partial charge >= 0.3 is 0 Å². The van der Waals surface area contributed by atoms with Crippen molar-refractivity contribution in [3.8, 4) is 11.6 Å². The van der Waals surface area contributed by atoms with Crippen molar-refractivity contribution < 1.29 is 19.5 Å². The molecule has 4 rings (SSSR count). The van der Waals surface area contributed by atoms with Gasteiger partial charge in [-0.1, -0.05) is 23.5 Å². The standard InChI is InChI=1S/C19H24N4O3S/c1-11-9-22(10-12(2)26-11)16(14-7-5-6-8-15(14)25-4)17-18(24)23-19(27-17)20-13(3)21-23/h5-8,11-12,16,24H,9-10H2,1-4H3/p+1/t11-,12-,16+/m1/s1. The molecule has 7 nitrogen and oxygen atoms in total. The maximum atomic E-state index is 10.9. The number of nitrogens with one attached hydrogen (secondary N) is 1. The molecule has 0 radical (unpaired) electrons. The molecule has 0 saturated carbocycles. The minimum absolute atomic E-state index is 0.0799. The van der Waals surface area contributed by atoms with Gasteiger partial charge in [0.05, 0.1) is 12.7 Å². The number of rotatable bonds is 4. The van der Waals surface area contributed by atoms with E-state index in [-0.39, 0.29) is 24.1 Å². The van der Waals surface area contributed by atoms with Gasteiger partial charge in [0, 0.05) is 0 Å². The lowest BCUT2D eigenvalue weighted by molar-refractivity contribution is -0.939. The van der Waals surface area contributed by atoms with Crippen molar-refractivity contribution in [2.24, 2.45) is 0 Å². The highest BCUT2D eigenvalue weighted by Crippen LogP contribution is 2.38. The number of nitrogens with zero attached hydrogens (tertiary/aromatic N) is 3. The Morgan fingerprint density at radius 3 is 2.67 bits per heavy atom. The van der Waals surface area contributed by atoms with Gasteiger partial charge in [0.2, 0.25) is 10.8 Å². The molecule has 3 heterocycles. The van der Waals surface area contributed by atoms with Crippen molar-refractivity contribution >= 4 is 16.3 Å². The summed E-state index contributed by atoms with van der Waals surface area (Å²) in [6.07, 6.45) is 0.292. The molecule has 2 N–H and O–H groups in total. The van der Waals surface area contributed by atoms with E-state index >= 15 is 0 Å². The van der Waals surface area contributed by atoms with Crippen LogP contribution < -0.4 is 9.64 Å². The Labute approximate surface area is 162 Å². The van der Waals surface area contributed by atoms with E-state index in [2.05, 4.69) is 30.0 Å². The van der Waals surface area contributed by atoms with E-state index < -0.39 is 0 Å². The average Bonchev–Trinajstić information content (AvgIpc) is 3.13. The van der Waals surface area contributed by atoms with Crippen molar-refractivity contribution in [1.29, 1.82) is 0 Å². The number of para-hydroxylation sites is 1. The maximum absolute atomic E-state index is 10.9. The van der Waals surface area contributed by atoms with Gasteiger partial charge in [-0.3, -0.25) is 0 Å². The number of hydrogen-bond acceptors (Lipinski definition) is 6. The summed E-state index contributed by atoms with van der Waals surface area (Å²) < 4.78 is 13.1. The molecule has 144 valence electrons. The lowest BCUT2D eigenvalue weighted by Gasteiger charge is -2.37. The van der Waals surface area contributed by atoms with Gasteiger partial charge in [0.15, 0.2) is 6.04 Å². The normalized spacial score (nSPS) is 24.2. The van der Waals surface area contributed by atoms with Gasteiger partial charge < -0.3 is 19.5 Å². The quantitative estimate of drug-likeness (QED) is 0.709. The molecule has 1 fully saturated rings. The molecule has 2 aromatic heterocycles. The lowest BCUT2D eigenvalue weighted by Crippen LogP contribution is -3.15. The third-order valence-electron chi connectivity index (χ3n) is 4.99. The summed E-state index contributed by atoms with van der Waals surface area (Å²) in [6, 6.07) is 7.93. The van der Waals surface area contributed by atoms with Gasteiger partial charge in [-0.2, -0.15) is 4.52 Å². The zero-order valence-corrected chi connectivity index (χ0v) is 16.8. The van der Waals surface area contributed by atoms with E-state index in [1.165, 1.54) is 20.8 Å². The Bertz CT molecular complexity index is 944. The monoisotopic (exact) mass is 389 g/mol. The molecule has 1 saturated heterocycles. The molecule has 8 heteroatoms. The number of thiazole rings is 1. The summed E-state index contributed by atoms with van der Waals surface area (Å²) >= 11 is 1.49. The molecule has 0 amide bonds. The van der Waals surface area contributed by atoms with Crippen LogP contribution in [0.1, 0.15) is 36.2 Å². The zero-order chi connectivity index (χ0) is 19.1. The molecular formula is C19H25N4O3S+. The van der Waals surface area contributed by atoms with Crippen LogP contribution in [-0.4, -0.2) is 52.1 Å². The Morgan fingerprint density at radius 2 is 2.00 bits per heavy atom. The first-order valence-electron chi connectivity index (χ1n) is 9.16. The van der Waals surface area contributed by atoms with Crippen LogP contribution in [0.3, 0.4) is 0 Å². The minimum atomic E-state index is -0.0799. The summed E-state index contributed by atoms with van der Waals surface area (Å²) in [5.41, 5.74) is 1.05. The number of morpholine rings is 1. The molecule has 0 bridgehead atoms. The topological polar surface area (TPSA) is 73.3 Å². The Hall–Kier alpha value is -2.16. The maximum Gasteiger partial charge on any atom is 0.235 e. The van der Waals surface area contributed by atoms with E-state index in [0.29, 0.717) is 10.8 Å². The highest BCUT2D eigenvalue weighted by atomic mass is 32.1. The number of aromatic hydroxyl groups is 1. The van der Waals surface area contributed by atoms with Crippen LogP contribution in [0, 0.1) is 6.92 Å². The molecule has 0 unspecified atom stereocenters. The minimum Gasteiger partial charge on any atom is -0.496 e. The van der Waals surface area contributed by atoms with Gasteiger partial charge in [0.1, 0.15) is 41.7 Å². The number of fused-ring (bicyclic) bond motifs is 1. The van der Waals surface area contributed by atoms with E-state index in [1.807, 2.05) is 25.1 Å². The van der Waals surface area contributed by atoms with E-state index in [1.54, 1.807) is 7.11 Å². The van der Waals surface area contributed by atoms with Crippen molar-refractivity contribution in [2.75, 3.05) is 20.2 Å². The Balaban J connectivity index is 1.87. The van der Waals surface area contributed by atoms with E-state index in [4.69, 9.17) is 9.47 Å². The molecule has 1 aliphatic heterocycles. The number of benzene rings is 1. The molecule has 27 heavy (non-hydrogen) atoms. The third kappa shape index (κ3) is 3.28. The summed E-state index contributed by atoms with van der Waals surface area (Å²) in [4.78, 5) is 7.32. The largest absolute Gasteiger partial charge is 0.496 e. The van der Waals surface area contributed by atoms with Crippen molar-refractivity contribution in [3.05, 3.63) is 40.5 Å². The highest BCUT2D eigenvalue weighted by molar-refractivity contribution is 7.17.